The van der Waals surface area contributed by atoms with Crippen molar-refractivity contribution in [1.29, 1.82) is 0 Å². The van der Waals surface area contributed by atoms with Crippen molar-refractivity contribution in [3.8, 4) is 0 Å². The van der Waals surface area contributed by atoms with Gasteiger partial charge in [0.25, 0.3) is 0 Å². The van der Waals surface area contributed by atoms with Gasteiger partial charge >= 0.3 is 13.6 Å². The van der Waals surface area contributed by atoms with Crippen molar-refractivity contribution in [1.82, 2.24) is 0 Å². The molecule has 5 nitrogen and oxygen atoms in total. The number of esters is 1. The summed E-state index contributed by atoms with van der Waals surface area (Å²) >= 11 is 3.12. The van der Waals surface area contributed by atoms with Gasteiger partial charge in [-0.25, -0.2) is 3.97 Å². The molecule has 0 radical (unpaired) electrons. The van der Waals surface area contributed by atoms with Crippen molar-refractivity contribution < 1.29 is 23.0 Å². The van der Waals surface area contributed by atoms with Gasteiger partial charge in [0.1, 0.15) is 6.16 Å². The summed E-state index contributed by atoms with van der Waals surface area (Å²) in [5, 5.41) is 0. The monoisotopic (exact) mass is 200 g/mol. The molecule has 0 saturated carbocycles. The van der Waals surface area contributed by atoms with Gasteiger partial charge in [-0.3, -0.25) is 9.36 Å². The molecule has 1 N–H and O–H groups in total. The van der Waals surface area contributed by atoms with Crippen molar-refractivity contribution in [2.24, 2.45) is 0 Å². The Balaban J connectivity index is 3.84. The molecule has 0 aromatic carbocycles. The Labute approximate surface area is 69.8 Å². The first-order chi connectivity index (χ1) is 5.02. The van der Waals surface area contributed by atoms with Gasteiger partial charge in [0, 0.05) is 0 Å². The van der Waals surface area contributed by atoms with Gasteiger partial charge in [-0.2, -0.15) is 0 Å². The third-order valence-electron chi connectivity index (χ3n) is 0.762. The normalized spacial score (nSPS) is 15.5. The van der Waals surface area contributed by atoms with Crippen molar-refractivity contribution in [3.05, 3.63) is 0 Å². The number of carbonyl (C=O) groups is 1. The molecule has 0 aromatic heterocycles. The molecule has 0 rings (SSSR count). The zero-order valence-electron chi connectivity index (χ0n) is 5.89. The van der Waals surface area contributed by atoms with Gasteiger partial charge in [-0.05, 0) is 19.8 Å². The largest absolute Gasteiger partial charge is 0.466 e. The molecule has 0 spiro atoms. The summed E-state index contributed by atoms with van der Waals surface area (Å²) in [6, 6.07) is 0. The Hall–Kier alpha value is -0.0300. The average molecular weight is 200 g/mol. The molecule has 66 valence electrons. The van der Waals surface area contributed by atoms with Crippen LogP contribution in [0.3, 0.4) is 0 Å². The van der Waals surface area contributed by atoms with E-state index in [1.165, 1.54) is 0 Å². The standard InChI is InChI=1S/C4H9O5PS/c1-2-8-4(5)3-10(6,7)9-11/h11H,2-3H2,1H3,(H,6,7). The number of thiol groups is 1. The number of carbonyl (C=O) groups excluding carboxylic acids is 1. The van der Waals surface area contributed by atoms with Crippen LogP contribution in [0.1, 0.15) is 6.92 Å². The molecular weight excluding hydrogens is 191 g/mol. The van der Waals surface area contributed by atoms with Crippen LogP contribution >= 0.6 is 20.5 Å². The van der Waals surface area contributed by atoms with Crippen LogP contribution in [0.15, 0.2) is 0 Å². The second-order valence-corrected chi connectivity index (χ2v) is 3.93. The Bertz CT molecular complexity index is 181. The lowest BCUT2D eigenvalue weighted by Gasteiger charge is -2.05. The van der Waals surface area contributed by atoms with Crippen LogP contribution in [0.5, 0.6) is 0 Å². The molecule has 0 amide bonds. The summed E-state index contributed by atoms with van der Waals surface area (Å²) in [7, 11) is -3.87. The summed E-state index contributed by atoms with van der Waals surface area (Å²) in [5.74, 6) is -0.771. The molecule has 7 heteroatoms. The maximum absolute atomic E-state index is 10.6. The van der Waals surface area contributed by atoms with Crippen LogP contribution in [-0.2, 0) is 18.1 Å². The highest BCUT2D eigenvalue weighted by atomic mass is 32.1. The second-order valence-electron chi connectivity index (χ2n) is 1.68. The molecule has 0 fully saturated rings. The minimum Gasteiger partial charge on any atom is -0.466 e. The third-order valence-corrected chi connectivity index (χ3v) is 2.44. The zero-order chi connectivity index (χ0) is 8.91. The Morgan fingerprint density at radius 2 is 2.27 bits per heavy atom. The molecule has 0 heterocycles. The van der Waals surface area contributed by atoms with Crippen LogP contribution in [0.25, 0.3) is 0 Å². The first-order valence-electron chi connectivity index (χ1n) is 2.82. The number of hydrogen-bond donors (Lipinski definition) is 2. The summed E-state index contributed by atoms with van der Waals surface area (Å²) in [4.78, 5) is 19.2. The van der Waals surface area contributed by atoms with Crippen LogP contribution in [0.4, 0.5) is 0 Å². The SMILES string of the molecule is CCOC(=O)CP(=O)(O)OS. The van der Waals surface area contributed by atoms with Gasteiger partial charge in [0.05, 0.1) is 6.61 Å². The number of ether oxygens (including phenoxy) is 1. The molecule has 0 aliphatic heterocycles. The van der Waals surface area contributed by atoms with E-state index in [9.17, 15) is 9.36 Å². The maximum atomic E-state index is 10.6. The van der Waals surface area contributed by atoms with E-state index in [0.717, 1.165) is 0 Å². The zero-order valence-corrected chi connectivity index (χ0v) is 7.68. The molecule has 0 aliphatic carbocycles. The van der Waals surface area contributed by atoms with E-state index in [1.807, 2.05) is 0 Å². The van der Waals surface area contributed by atoms with Gasteiger partial charge in [-0.15, -0.1) is 0 Å². The summed E-state index contributed by atoms with van der Waals surface area (Å²) < 4.78 is 18.9. The van der Waals surface area contributed by atoms with E-state index in [0.29, 0.717) is 0 Å². The van der Waals surface area contributed by atoms with Crippen molar-refractivity contribution >= 4 is 26.5 Å². The highest BCUT2D eigenvalue weighted by molar-refractivity contribution is 7.81. The van der Waals surface area contributed by atoms with E-state index in [2.05, 4.69) is 21.6 Å². The smallest absolute Gasteiger partial charge is 0.350 e. The summed E-state index contributed by atoms with van der Waals surface area (Å²) in [6.45, 7) is 1.77. The molecule has 0 aromatic rings. The van der Waals surface area contributed by atoms with Gasteiger partial charge in [0.15, 0.2) is 0 Å². The van der Waals surface area contributed by atoms with E-state index in [-0.39, 0.29) is 6.61 Å². The molecule has 1 atom stereocenters. The number of rotatable bonds is 4. The van der Waals surface area contributed by atoms with Crippen LogP contribution in [0.2, 0.25) is 0 Å². The lowest BCUT2D eigenvalue weighted by atomic mass is 10.8. The maximum Gasteiger partial charge on any atom is 0.350 e. The second kappa shape index (κ2) is 4.77. The highest BCUT2D eigenvalue weighted by Crippen LogP contribution is 2.42. The molecule has 0 bridgehead atoms. The molecule has 11 heavy (non-hydrogen) atoms. The Kier molecular flexibility index (Phi) is 4.76. The first-order valence-corrected chi connectivity index (χ1v) is 4.95. The number of hydrogen-bond acceptors (Lipinski definition) is 5. The van der Waals surface area contributed by atoms with Crippen molar-refractivity contribution in [2.75, 3.05) is 12.8 Å². The quantitative estimate of drug-likeness (QED) is 0.301. The lowest BCUT2D eigenvalue weighted by molar-refractivity contribution is -0.140. The predicted octanol–water partition coefficient (Wildman–Crippen LogP) is 0.596. The fraction of sp³-hybridized carbons (Fsp3) is 0.750. The average Bonchev–Trinajstić information content (AvgIpc) is 1.87. The van der Waals surface area contributed by atoms with Gasteiger partial charge in [-0.1, -0.05) is 0 Å². The van der Waals surface area contributed by atoms with Gasteiger partial charge in [0.2, 0.25) is 0 Å². The van der Waals surface area contributed by atoms with E-state index >= 15 is 0 Å². The van der Waals surface area contributed by atoms with Crippen LogP contribution in [-0.4, -0.2) is 23.6 Å². The minimum atomic E-state index is -3.87. The van der Waals surface area contributed by atoms with E-state index in [1.54, 1.807) is 6.92 Å². The molecule has 1 unspecified atom stereocenters. The fourth-order valence-corrected chi connectivity index (χ4v) is 1.05. The molecule has 0 aliphatic rings. The van der Waals surface area contributed by atoms with E-state index in [4.69, 9.17) is 4.89 Å². The Morgan fingerprint density at radius 1 is 1.73 bits per heavy atom. The van der Waals surface area contributed by atoms with Crippen LogP contribution in [0, 0.1) is 0 Å². The summed E-state index contributed by atoms with van der Waals surface area (Å²) in [5.41, 5.74) is 0. The summed E-state index contributed by atoms with van der Waals surface area (Å²) in [6.07, 6.45) is -0.662. The predicted molar refractivity (Wildman–Crippen MR) is 41.4 cm³/mol. The van der Waals surface area contributed by atoms with Crippen molar-refractivity contribution in [2.45, 2.75) is 6.92 Å². The lowest BCUT2D eigenvalue weighted by Crippen LogP contribution is -2.09. The fourth-order valence-electron chi connectivity index (χ4n) is 0.399. The molecular formula is C4H9O5PS. The van der Waals surface area contributed by atoms with Crippen LogP contribution < -0.4 is 0 Å². The minimum absolute atomic E-state index is 0.172. The molecule has 0 saturated heterocycles. The third kappa shape index (κ3) is 5.26. The van der Waals surface area contributed by atoms with Gasteiger partial charge < -0.3 is 9.63 Å². The first kappa shape index (κ1) is 11.0. The van der Waals surface area contributed by atoms with Crippen molar-refractivity contribution in [3.63, 3.8) is 0 Å². The highest BCUT2D eigenvalue weighted by Gasteiger charge is 2.23. The topological polar surface area (TPSA) is 72.8 Å². The van der Waals surface area contributed by atoms with E-state index < -0.39 is 19.7 Å². The Morgan fingerprint density at radius 3 is 2.64 bits per heavy atom.